The highest BCUT2D eigenvalue weighted by atomic mass is 16.5. The molecule has 0 amide bonds. The highest BCUT2D eigenvalue weighted by Gasteiger charge is 2.23. The van der Waals surface area contributed by atoms with E-state index in [9.17, 15) is 0 Å². The number of aryl methyl sites for hydroxylation is 1. The SMILES string of the molecule is CCCNC(CCc1ccccn1)C1CCOCC1. The van der Waals surface area contributed by atoms with Gasteiger partial charge in [0.25, 0.3) is 0 Å². The number of hydrogen-bond donors (Lipinski definition) is 1. The van der Waals surface area contributed by atoms with E-state index in [-0.39, 0.29) is 0 Å². The Hall–Kier alpha value is -0.930. The molecule has 2 rings (SSSR count). The fourth-order valence-electron chi connectivity index (χ4n) is 2.80. The first-order chi connectivity index (χ1) is 9.40. The van der Waals surface area contributed by atoms with Gasteiger partial charge in [0.2, 0.25) is 0 Å². The molecule has 0 radical (unpaired) electrons. The fourth-order valence-corrected chi connectivity index (χ4v) is 2.80. The van der Waals surface area contributed by atoms with Crippen LogP contribution in [0.2, 0.25) is 0 Å². The summed E-state index contributed by atoms with van der Waals surface area (Å²) in [5, 5.41) is 3.73. The summed E-state index contributed by atoms with van der Waals surface area (Å²) < 4.78 is 5.48. The average molecular weight is 262 g/mol. The van der Waals surface area contributed by atoms with Gasteiger partial charge in [0, 0.05) is 31.1 Å². The van der Waals surface area contributed by atoms with E-state index < -0.39 is 0 Å². The number of hydrogen-bond acceptors (Lipinski definition) is 3. The van der Waals surface area contributed by atoms with E-state index in [4.69, 9.17) is 4.74 Å². The molecule has 0 aliphatic carbocycles. The van der Waals surface area contributed by atoms with Crippen LogP contribution in [0.1, 0.15) is 38.3 Å². The number of nitrogens with one attached hydrogen (secondary N) is 1. The summed E-state index contributed by atoms with van der Waals surface area (Å²) in [6.45, 7) is 5.20. The van der Waals surface area contributed by atoms with E-state index in [1.165, 1.54) is 31.4 Å². The van der Waals surface area contributed by atoms with Gasteiger partial charge in [-0.2, -0.15) is 0 Å². The third-order valence-corrected chi connectivity index (χ3v) is 3.93. The first kappa shape index (κ1) is 14.5. The molecule has 1 aliphatic rings. The molecule has 2 heterocycles. The third kappa shape index (κ3) is 4.92. The van der Waals surface area contributed by atoms with E-state index in [2.05, 4.69) is 29.4 Å². The second-order valence-corrected chi connectivity index (χ2v) is 5.37. The molecule has 106 valence electrons. The first-order valence-electron chi connectivity index (χ1n) is 7.61. The average Bonchev–Trinajstić information content (AvgIpc) is 2.49. The van der Waals surface area contributed by atoms with Crippen LogP contribution in [0, 0.1) is 5.92 Å². The Kier molecular flexibility index (Phi) is 6.31. The van der Waals surface area contributed by atoms with Gasteiger partial charge in [-0.05, 0) is 56.7 Å². The molecule has 0 spiro atoms. The van der Waals surface area contributed by atoms with Crippen LogP contribution in [0.15, 0.2) is 24.4 Å². The van der Waals surface area contributed by atoms with Crippen LogP contribution in [0.5, 0.6) is 0 Å². The molecule has 1 unspecified atom stereocenters. The molecule has 1 saturated heterocycles. The lowest BCUT2D eigenvalue weighted by Crippen LogP contribution is -2.39. The van der Waals surface area contributed by atoms with Crippen molar-refractivity contribution in [3.05, 3.63) is 30.1 Å². The minimum atomic E-state index is 0.617. The van der Waals surface area contributed by atoms with Gasteiger partial charge in [0.05, 0.1) is 0 Å². The minimum Gasteiger partial charge on any atom is -0.381 e. The van der Waals surface area contributed by atoms with Gasteiger partial charge in [-0.1, -0.05) is 13.0 Å². The van der Waals surface area contributed by atoms with Crippen molar-refractivity contribution in [3.63, 3.8) is 0 Å². The maximum absolute atomic E-state index is 5.48. The molecule has 1 fully saturated rings. The Morgan fingerprint density at radius 1 is 1.37 bits per heavy atom. The van der Waals surface area contributed by atoms with Crippen molar-refractivity contribution in [2.75, 3.05) is 19.8 Å². The highest BCUT2D eigenvalue weighted by molar-refractivity contribution is 5.04. The normalized spacial score (nSPS) is 18.4. The lowest BCUT2D eigenvalue weighted by atomic mass is 9.88. The van der Waals surface area contributed by atoms with Crippen LogP contribution in [0.25, 0.3) is 0 Å². The zero-order valence-corrected chi connectivity index (χ0v) is 12.0. The largest absolute Gasteiger partial charge is 0.381 e. The van der Waals surface area contributed by atoms with E-state index >= 15 is 0 Å². The zero-order chi connectivity index (χ0) is 13.3. The standard InChI is InChI=1S/C16H26N2O/c1-2-10-18-16(14-8-12-19-13-9-14)7-6-15-5-3-4-11-17-15/h3-5,11,14,16,18H,2,6-10,12-13H2,1H3. The summed E-state index contributed by atoms with van der Waals surface area (Å²) in [7, 11) is 0. The highest BCUT2D eigenvalue weighted by Crippen LogP contribution is 2.22. The molecule has 1 N–H and O–H groups in total. The number of ether oxygens (including phenoxy) is 1. The van der Waals surface area contributed by atoms with Crippen molar-refractivity contribution < 1.29 is 4.74 Å². The molecule has 3 nitrogen and oxygen atoms in total. The molecule has 1 aliphatic heterocycles. The van der Waals surface area contributed by atoms with Gasteiger partial charge in [0.1, 0.15) is 0 Å². The van der Waals surface area contributed by atoms with Crippen molar-refractivity contribution in [2.45, 2.75) is 45.1 Å². The van der Waals surface area contributed by atoms with Crippen molar-refractivity contribution in [1.82, 2.24) is 10.3 Å². The molecule has 0 aromatic carbocycles. The molecule has 0 bridgehead atoms. The van der Waals surface area contributed by atoms with Gasteiger partial charge >= 0.3 is 0 Å². The summed E-state index contributed by atoms with van der Waals surface area (Å²) >= 11 is 0. The van der Waals surface area contributed by atoms with Gasteiger partial charge in [-0.25, -0.2) is 0 Å². The van der Waals surface area contributed by atoms with Crippen molar-refractivity contribution in [2.24, 2.45) is 5.92 Å². The molecule has 1 atom stereocenters. The van der Waals surface area contributed by atoms with Crippen LogP contribution in [-0.2, 0) is 11.2 Å². The lowest BCUT2D eigenvalue weighted by molar-refractivity contribution is 0.0526. The summed E-state index contributed by atoms with van der Waals surface area (Å²) in [5.41, 5.74) is 1.21. The molecule has 1 aromatic rings. The van der Waals surface area contributed by atoms with Crippen LogP contribution in [-0.4, -0.2) is 30.8 Å². The third-order valence-electron chi connectivity index (χ3n) is 3.93. The summed E-state index contributed by atoms with van der Waals surface area (Å²) in [4.78, 5) is 4.42. The Morgan fingerprint density at radius 2 is 2.21 bits per heavy atom. The van der Waals surface area contributed by atoms with E-state index in [1.54, 1.807) is 0 Å². The second-order valence-electron chi connectivity index (χ2n) is 5.37. The van der Waals surface area contributed by atoms with Gasteiger partial charge in [0.15, 0.2) is 0 Å². The zero-order valence-electron chi connectivity index (χ0n) is 12.0. The predicted molar refractivity (Wildman–Crippen MR) is 78.2 cm³/mol. The molecule has 3 heteroatoms. The van der Waals surface area contributed by atoms with Crippen LogP contribution in [0.3, 0.4) is 0 Å². The molecular formula is C16H26N2O. The van der Waals surface area contributed by atoms with Crippen molar-refractivity contribution >= 4 is 0 Å². The Bertz CT molecular complexity index is 336. The Balaban J connectivity index is 1.85. The van der Waals surface area contributed by atoms with Crippen molar-refractivity contribution in [3.8, 4) is 0 Å². The van der Waals surface area contributed by atoms with Crippen LogP contribution >= 0.6 is 0 Å². The molecular weight excluding hydrogens is 236 g/mol. The monoisotopic (exact) mass is 262 g/mol. The van der Waals surface area contributed by atoms with E-state index in [1.807, 2.05) is 12.3 Å². The topological polar surface area (TPSA) is 34.2 Å². The lowest BCUT2D eigenvalue weighted by Gasteiger charge is -2.31. The second kappa shape index (κ2) is 8.28. The number of rotatable bonds is 7. The minimum absolute atomic E-state index is 0.617. The predicted octanol–water partition coefficient (Wildman–Crippen LogP) is 2.81. The van der Waals surface area contributed by atoms with E-state index in [0.29, 0.717) is 6.04 Å². The summed E-state index contributed by atoms with van der Waals surface area (Å²) in [6.07, 6.45) is 7.73. The number of pyridine rings is 1. The van der Waals surface area contributed by atoms with Crippen molar-refractivity contribution in [1.29, 1.82) is 0 Å². The smallest absolute Gasteiger partial charge is 0.0469 e. The fraction of sp³-hybridized carbons (Fsp3) is 0.688. The maximum Gasteiger partial charge on any atom is 0.0469 e. The van der Waals surface area contributed by atoms with Gasteiger partial charge in [-0.3, -0.25) is 4.98 Å². The van der Waals surface area contributed by atoms with Gasteiger partial charge in [-0.15, -0.1) is 0 Å². The van der Waals surface area contributed by atoms with Crippen LogP contribution in [0.4, 0.5) is 0 Å². The molecule has 1 aromatic heterocycles. The van der Waals surface area contributed by atoms with Gasteiger partial charge < -0.3 is 10.1 Å². The molecule has 0 saturated carbocycles. The molecule has 19 heavy (non-hydrogen) atoms. The summed E-state index contributed by atoms with van der Waals surface area (Å²) in [6, 6.07) is 6.80. The van der Waals surface area contributed by atoms with E-state index in [0.717, 1.165) is 32.1 Å². The van der Waals surface area contributed by atoms with Crippen LogP contribution < -0.4 is 5.32 Å². The number of nitrogens with zero attached hydrogens (tertiary/aromatic N) is 1. The Labute approximate surface area is 116 Å². The first-order valence-corrected chi connectivity index (χ1v) is 7.61. The maximum atomic E-state index is 5.48. The number of aromatic nitrogens is 1. The summed E-state index contributed by atoms with van der Waals surface area (Å²) in [5.74, 6) is 0.768. The quantitative estimate of drug-likeness (QED) is 0.820. The Morgan fingerprint density at radius 3 is 2.89 bits per heavy atom.